The van der Waals surface area contributed by atoms with Crippen LogP contribution in [0.5, 0.6) is 0 Å². The van der Waals surface area contributed by atoms with Crippen LogP contribution in [0.25, 0.3) is 0 Å². The van der Waals surface area contributed by atoms with Gasteiger partial charge in [0.1, 0.15) is 6.54 Å². The van der Waals surface area contributed by atoms with E-state index in [9.17, 15) is 14.4 Å². The quantitative estimate of drug-likeness (QED) is 0.748. The Kier molecular flexibility index (Phi) is 6.49. The number of anilines is 2. The minimum Gasteiger partial charge on any atom is -0.465 e. The molecule has 0 N–H and O–H groups in total. The second-order valence-electron chi connectivity index (χ2n) is 5.59. The van der Waals surface area contributed by atoms with E-state index in [0.29, 0.717) is 12.2 Å². The fourth-order valence-electron chi connectivity index (χ4n) is 2.69. The van der Waals surface area contributed by atoms with Crippen LogP contribution in [0.3, 0.4) is 0 Å². The lowest BCUT2D eigenvalue weighted by molar-refractivity contribution is -0.121. The zero-order chi connectivity index (χ0) is 19.1. The molecule has 0 saturated carbocycles. The molecular weight excluding hydrogens is 332 g/mol. The van der Waals surface area contributed by atoms with Crippen molar-refractivity contribution in [1.29, 1.82) is 0 Å². The maximum absolute atomic E-state index is 12.8. The molecule has 0 atom stereocenters. The summed E-state index contributed by atoms with van der Waals surface area (Å²) in [6.45, 7) is 3.52. The van der Waals surface area contributed by atoms with Crippen molar-refractivity contribution in [1.82, 2.24) is 0 Å². The number of likely N-dealkylation sites (N-methyl/N-ethyl adjacent to an activating group) is 1. The highest BCUT2D eigenvalue weighted by Crippen LogP contribution is 2.22. The molecule has 0 heterocycles. The second-order valence-corrected chi connectivity index (χ2v) is 5.59. The Hall–Kier alpha value is -3.15. The van der Waals surface area contributed by atoms with Gasteiger partial charge in [0, 0.05) is 19.2 Å². The zero-order valence-electron chi connectivity index (χ0n) is 15.1. The number of benzene rings is 2. The highest BCUT2D eigenvalue weighted by molar-refractivity contribution is 6.06. The van der Waals surface area contributed by atoms with E-state index >= 15 is 0 Å². The average Bonchev–Trinajstić information content (AvgIpc) is 2.66. The Balaban J connectivity index is 2.33. The molecule has 0 aliphatic carbocycles. The predicted octanol–water partition coefficient (Wildman–Crippen LogP) is 2.88. The number of carbonyl (C=O) groups excluding carboxylic acids is 3. The van der Waals surface area contributed by atoms with Crippen LogP contribution in [0.1, 0.15) is 24.2 Å². The maximum atomic E-state index is 12.8. The van der Waals surface area contributed by atoms with E-state index in [1.165, 1.54) is 18.9 Å². The predicted molar refractivity (Wildman–Crippen MR) is 100 cm³/mol. The average molecular weight is 354 g/mol. The molecule has 0 aliphatic heterocycles. The summed E-state index contributed by atoms with van der Waals surface area (Å²) in [5, 5.41) is 0. The Morgan fingerprint density at radius 1 is 0.923 bits per heavy atom. The first-order chi connectivity index (χ1) is 12.5. The number of nitrogens with zero attached hydrogens (tertiary/aromatic N) is 2. The number of ether oxygens (including phenoxy) is 1. The van der Waals surface area contributed by atoms with E-state index in [-0.39, 0.29) is 23.9 Å². The van der Waals surface area contributed by atoms with E-state index in [0.717, 1.165) is 5.69 Å². The molecule has 2 rings (SSSR count). The number of carbonyl (C=O) groups is 3. The lowest BCUT2D eigenvalue weighted by Crippen LogP contribution is -2.43. The lowest BCUT2D eigenvalue weighted by atomic mass is 10.1. The van der Waals surface area contributed by atoms with Crippen LogP contribution in [0, 0.1) is 0 Å². The van der Waals surface area contributed by atoms with Gasteiger partial charge in [-0.05, 0) is 31.2 Å². The maximum Gasteiger partial charge on any atom is 0.339 e. The van der Waals surface area contributed by atoms with Crippen LogP contribution in [0.4, 0.5) is 11.4 Å². The number of esters is 1. The van der Waals surface area contributed by atoms with E-state index < -0.39 is 5.97 Å². The van der Waals surface area contributed by atoms with Crippen molar-refractivity contribution >= 4 is 29.2 Å². The molecule has 0 fully saturated rings. The Morgan fingerprint density at radius 3 is 2.12 bits per heavy atom. The van der Waals surface area contributed by atoms with Gasteiger partial charge in [-0.25, -0.2) is 4.79 Å². The van der Waals surface area contributed by atoms with E-state index in [4.69, 9.17) is 4.74 Å². The standard InChI is InChI=1S/C20H22N2O4/c1-4-21(16-10-6-5-7-11-16)19(24)14-22(15(2)23)18-13-9-8-12-17(18)20(25)26-3/h5-13H,4,14H2,1-3H3. The van der Waals surface area contributed by atoms with E-state index in [2.05, 4.69) is 0 Å². The van der Waals surface area contributed by atoms with Crippen LogP contribution >= 0.6 is 0 Å². The van der Waals surface area contributed by atoms with Gasteiger partial charge in [0.15, 0.2) is 0 Å². The van der Waals surface area contributed by atoms with Crippen LogP contribution in [-0.4, -0.2) is 38.0 Å². The first-order valence-electron chi connectivity index (χ1n) is 8.30. The third kappa shape index (κ3) is 4.27. The van der Waals surface area contributed by atoms with Gasteiger partial charge in [0.2, 0.25) is 11.8 Å². The summed E-state index contributed by atoms with van der Waals surface area (Å²) in [6, 6.07) is 15.8. The number of amides is 2. The molecule has 26 heavy (non-hydrogen) atoms. The van der Waals surface area contributed by atoms with Gasteiger partial charge in [-0.3, -0.25) is 9.59 Å². The first kappa shape index (κ1) is 19.2. The topological polar surface area (TPSA) is 66.9 Å². The van der Waals surface area contributed by atoms with Gasteiger partial charge in [-0.1, -0.05) is 30.3 Å². The molecule has 6 heteroatoms. The zero-order valence-corrected chi connectivity index (χ0v) is 15.1. The Bertz CT molecular complexity index is 789. The molecule has 0 radical (unpaired) electrons. The van der Waals surface area contributed by atoms with Gasteiger partial charge in [-0.2, -0.15) is 0 Å². The minimum absolute atomic E-state index is 0.175. The summed E-state index contributed by atoms with van der Waals surface area (Å²) < 4.78 is 4.78. The van der Waals surface area contributed by atoms with Crippen molar-refractivity contribution in [3.05, 3.63) is 60.2 Å². The summed E-state index contributed by atoms with van der Waals surface area (Å²) in [4.78, 5) is 39.9. The molecule has 0 unspecified atom stereocenters. The fourth-order valence-corrected chi connectivity index (χ4v) is 2.69. The van der Waals surface area contributed by atoms with Crippen LogP contribution in [0.15, 0.2) is 54.6 Å². The molecule has 136 valence electrons. The smallest absolute Gasteiger partial charge is 0.339 e. The summed E-state index contributed by atoms with van der Waals surface area (Å²) in [7, 11) is 1.27. The molecule has 0 saturated heterocycles. The van der Waals surface area contributed by atoms with Crippen LogP contribution in [0.2, 0.25) is 0 Å². The van der Waals surface area contributed by atoms with Crippen molar-refractivity contribution in [2.45, 2.75) is 13.8 Å². The van der Waals surface area contributed by atoms with Crippen LogP contribution in [-0.2, 0) is 14.3 Å². The van der Waals surface area contributed by atoms with Crippen molar-refractivity contribution in [3.8, 4) is 0 Å². The molecular formula is C20H22N2O4. The van der Waals surface area contributed by atoms with Gasteiger partial charge in [0.25, 0.3) is 0 Å². The Labute approximate surface area is 153 Å². The second kappa shape index (κ2) is 8.80. The first-order valence-corrected chi connectivity index (χ1v) is 8.30. The number of methoxy groups -OCH3 is 1. The monoisotopic (exact) mass is 354 g/mol. The van der Waals surface area contributed by atoms with Gasteiger partial charge < -0.3 is 14.5 Å². The van der Waals surface area contributed by atoms with Crippen molar-refractivity contribution in [3.63, 3.8) is 0 Å². The van der Waals surface area contributed by atoms with Crippen LogP contribution < -0.4 is 9.80 Å². The lowest BCUT2D eigenvalue weighted by Gasteiger charge is -2.27. The van der Waals surface area contributed by atoms with Gasteiger partial charge >= 0.3 is 5.97 Å². The summed E-state index contributed by atoms with van der Waals surface area (Å²) in [6.07, 6.45) is 0. The van der Waals surface area contributed by atoms with E-state index in [1.807, 2.05) is 37.3 Å². The summed E-state index contributed by atoms with van der Waals surface area (Å²) >= 11 is 0. The van der Waals surface area contributed by atoms with Crippen molar-refractivity contribution < 1.29 is 19.1 Å². The molecule has 2 aromatic carbocycles. The molecule has 0 aliphatic rings. The Morgan fingerprint density at radius 2 is 1.54 bits per heavy atom. The van der Waals surface area contributed by atoms with Gasteiger partial charge in [-0.15, -0.1) is 0 Å². The number of rotatable bonds is 6. The molecule has 2 amide bonds. The molecule has 0 aromatic heterocycles. The number of hydrogen-bond donors (Lipinski definition) is 0. The van der Waals surface area contributed by atoms with E-state index in [1.54, 1.807) is 29.2 Å². The largest absolute Gasteiger partial charge is 0.465 e. The number of hydrogen-bond acceptors (Lipinski definition) is 4. The highest BCUT2D eigenvalue weighted by atomic mass is 16.5. The highest BCUT2D eigenvalue weighted by Gasteiger charge is 2.24. The third-order valence-electron chi connectivity index (χ3n) is 3.96. The molecule has 0 spiro atoms. The van der Waals surface area contributed by atoms with Crippen molar-refractivity contribution in [2.75, 3.05) is 30.0 Å². The summed E-state index contributed by atoms with van der Waals surface area (Å²) in [5.74, 6) is -1.14. The normalized spacial score (nSPS) is 10.1. The molecule has 0 bridgehead atoms. The molecule has 2 aromatic rings. The van der Waals surface area contributed by atoms with Crippen molar-refractivity contribution in [2.24, 2.45) is 0 Å². The van der Waals surface area contributed by atoms with Gasteiger partial charge in [0.05, 0.1) is 18.4 Å². The summed E-state index contributed by atoms with van der Waals surface area (Å²) in [5.41, 5.74) is 1.34. The number of para-hydroxylation sites is 2. The third-order valence-corrected chi connectivity index (χ3v) is 3.96. The molecule has 6 nitrogen and oxygen atoms in total. The SMILES string of the molecule is CCN(C(=O)CN(C(C)=O)c1ccccc1C(=O)OC)c1ccccc1. The fraction of sp³-hybridized carbons (Fsp3) is 0.250. The minimum atomic E-state index is -0.560.